The van der Waals surface area contributed by atoms with Crippen LogP contribution in [-0.4, -0.2) is 48.8 Å². The molecular weight excluding hydrogens is 304 g/mol. The lowest BCUT2D eigenvalue weighted by Gasteiger charge is -2.14. The van der Waals surface area contributed by atoms with Crippen LogP contribution in [0.2, 0.25) is 0 Å². The quantitative estimate of drug-likeness (QED) is 0.643. The van der Waals surface area contributed by atoms with Crippen LogP contribution >= 0.6 is 11.8 Å². The normalized spacial score (nSPS) is 11.5. The highest BCUT2D eigenvalue weighted by Crippen LogP contribution is 2.12. The lowest BCUT2D eigenvalue weighted by molar-refractivity contribution is -0.139. The van der Waals surface area contributed by atoms with Crippen LogP contribution in [-0.2, 0) is 11.2 Å². The van der Waals surface area contributed by atoms with Gasteiger partial charge in [0.1, 0.15) is 11.8 Å². The summed E-state index contributed by atoms with van der Waals surface area (Å²) < 4.78 is 5.13. The summed E-state index contributed by atoms with van der Waals surface area (Å²) in [5.74, 6) is 0.433. The third kappa shape index (κ3) is 6.71. The van der Waals surface area contributed by atoms with Crippen LogP contribution in [0.15, 0.2) is 24.3 Å². The number of aliphatic carboxylic acids is 1. The number of hydrogen-bond donors (Lipinski definition) is 3. The summed E-state index contributed by atoms with van der Waals surface area (Å²) >= 11 is 1.55. The predicted molar refractivity (Wildman–Crippen MR) is 87.7 cm³/mol. The molecule has 0 saturated carbocycles. The van der Waals surface area contributed by atoms with Gasteiger partial charge in [0.05, 0.1) is 7.11 Å². The van der Waals surface area contributed by atoms with E-state index in [1.54, 1.807) is 18.9 Å². The number of urea groups is 1. The first-order chi connectivity index (χ1) is 10.6. The zero-order valence-electron chi connectivity index (χ0n) is 12.8. The van der Waals surface area contributed by atoms with E-state index in [4.69, 9.17) is 9.84 Å². The third-order valence-electron chi connectivity index (χ3n) is 3.05. The number of methoxy groups -OCH3 is 1. The van der Waals surface area contributed by atoms with E-state index in [0.29, 0.717) is 25.1 Å². The molecule has 0 spiro atoms. The molecule has 3 N–H and O–H groups in total. The maximum Gasteiger partial charge on any atom is 0.326 e. The molecule has 1 aromatic carbocycles. The maximum atomic E-state index is 11.7. The van der Waals surface area contributed by atoms with E-state index in [-0.39, 0.29) is 0 Å². The van der Waals surface area contributed by atoms with Crippen LogP contribution < -0.4 is 15.4 Å². The number of thioether (sulfide) groups is 1. The first-order valence-electron chi connectivity index (χ1n) is 6.96. The van der Waals surface area contributed by atoms with Crippen LogP contribution in [0.25, 0.3) is 0 Å². The van der Waals surface area contributed by atoms with Gasteiger partial charge in [0.25, 0.3) is 0 Å². The van der Waals surface area contributed by atoms with Crippen LogP contribution in [0.1, 0.15) is 12.0 Å². The Labute approximate surface area is 134 Å². The Kier molecular flexibility index (Phi) is 8.21. The Bertz CT molecular complexity index is 496. The van der Waals surface area contributed by atoms with Crippen LogP contribution in [0, 0.1) is 0 Å². The minimum atomic E-state index is -1.02. The zero-order valence-corrected chi connectivity index (χ0v) is 13.6. The van der Waals surface area contributed by atoms with E-state index in [2.05, 4.69) is 10.6 Å². The van der Waals surface area contributed by atoms with Crippen molar-refractivity contribution < 1.29 is 19.4 Å². The molecule has 2 amide bonds. The Morgan fingerprint density at radius 2 is 2.18 bits per heavy atom. The summed E-state index contributed by atoms with van der Waals surface area (Å²) in [6.45, 7) is 0.424. The molecule has 1 atom stereocenters. The maximum absolute atomic E-state index is 11.7. The van der Waals surface area contributed by atoms with Crippen LogP contribution in [0.5, 0.6) is 5.75 Å². The highest BCUT2D eigenvalue weighted by Gasteiger charge is 2.18. The second kappa shape index (κ2) is 9.94. The molecule has 22 heavy (non-hydrogen) atoms. The number of nitrogens with one attached hydrogen (secondary N) is 2. The molecule has 0 fully saturated rings. The topological polar surface area (TPSA) is 87.7 Å². The Hall–Kier alpha value is -1.89. The van der Waals surface area contributed by atoms with Crippen molar-refractivity contribution in [2.24, 2.45) is 0 Å². The molecule has 122 valence electrons. The smallest absolute Gasteiger partial charge is 0.326 e. The number of amides is 2. The number of rotatable bonds is 9. The van der Waals surface area contributed by atoms with Crippen molar-refractivity contribution in [3.05, 3.63) is 29.8 Å². The van der Waals surface area contributed by atoms with Crippen molar-refractivity contribution in [3.8, 4) is 5.75 Å². The monoisotopic (exact) mass is 326 g/mol. The van der Waals surface area contributed by atoms with E-state index < -0.39 is 18.0 Å². The van der Waals surface area contributed by atoms with Crippen molar-refractivity contribution in [2.75, 3.05) is 25.7 Å². The molecule has 7 heteroatoms. The van der Waals surface area contributed by atoms with Crippen molar-refractivity contribution in [2.45, 2.75) is 18.9 Å². The summed E-state index contributed by atoms with van der Waals surface area (Å²) in [5.41, 5.74) is 1.04. The summed E-state index contributed by atoms with van der Waals surface area (Å²) in [6.07, 6.45) is 2.94. The Morgan fingerprint density at radius 3 is 2.82 bits per heavy atom. The molecule has 1 rings (SSSR count). The number of ether oxygens (including phenoxy) is 1. The van der Waals surface area contributed by atoms with Gasteiger partial charge in [-0.3, -0.25) is 0 Å². The van der Waals surface area contributed by atoms with E-state index in [1.165, 1.54) is 0 Å². The molecule has 1 aromatic rings. The number of hydrogen-bond acceptors (Lipinski definition) is 4. The number of carboxylic acid groups (broad SMARTS) is 1. The first-order valence-corrected chi connectivity index (χ1v) is 8.35. The highest BCUT2D eigenvalue weighted by atomic mass is 32.2. The fraction of sp³-hybridized carbons (Fsp3) is 0.467. The highest BCUT2D eigenvalue weighted by molar-refractivity contribution is 7.98. The molecule has 0 radical (unpaired) electrons. The molecule has 0 bridgehead atoms. The lowest BCUT2D eigenvalue weighted by Crippen LogP contribution is -2.46. The second-order valence-electron chi connectivity index (χ2n) is 4.67. The molecule has 0 saturated heterocycles. The fourth-order valence-corrected chi connectivity index (χ4v) is 2.32. The van der Waals surface area contributed by atoms with Crippen LogP contribution in [0.4, 0.5) is 4.79 Å². The standard InChI is InChI=1S/C15H22N2O4S/c1-21-12-5-3-4-11(10-12)6-8-16-15(20)17-13(14(18)19)7-9-22-2/h3-5,10,13H,6-9H2,1-2H3,(H,18,19)(H2,16,17,20). The van der Waals surface area contributed by atoms with Crippen molar-refractivity contribution in [3.63, 3.8) is 0 Å². The van der Waals surface area contributed by atoms with E-state index in [1.807, 2.05) is 30.5 Å². The average molecular weight is 326 g/mol. The molecule has 0 aliphatic heterocycles. The molecular formula is C15H22N2O4S. The Balaban J connectivity index is 2.36. The van der Waals surface area contributed by atoms with Gasteiger partial charge in [0.15, 0.2) is 0 Å². The Morgan fingerprint density at radius 1 is 1.41 bits per heavy atom. The fourth-order valence-electron chi connectivity index (χ4n) is 1.85. The van der Waals surface area contributed by atoms with Gasteiger partial charge in [-0.2, -0.15) is 11.8 Å². The predicted octanol–water partition coefficient (Wildman–Crippen LogP) is 1.74. The summed E-state index contributed by atoms with van der Waals surface area (Å²) in [6, 6.07) is 6.27. The van der Waals surface area contributed by atoms with Gasteiger partial charge in [0, 0.05) is 6.54 Å². The molecule has 0 aromatic heterocycles. The number of carbonyl (C=O) groups excluding carboxylic acids is 1. The van der Waals surface area contributed by atoms with Gasteiger partial charge >= 0.3 is 12.0 Å². The molecule has 0 heterocycles. The van der Waals surface area contributed by atoms with Crippen molar-refractivity contribution in [1.29, 1.82) is 0 Å². The van der Waals surface area contributed by atoms with E-state index >= 15 is 0 Å². The number of benzene rings is 1. The number of carbonyl (C=O) groups is 2. The van der Waals surface area contributed by atoms with Gasteiger partial charge in [0.2, 0.25) is 0 Å². The third-order valence-corrected chi connectivity index (χ3v) is 3.69. The van der Waals surface area contributed by atoms with Gasteiger partial charge in [-0.25, -0.2) is 9.59 Å². The van der Waals surface area contributed by atoms with Crippen molar-refractivity contribution >= 4 is 23.8 Å². The molecule has 0 aliphatic carbocycles. The SMILES string of the molecule is COc1cccc(CCNC(=O)NC(CCSC)C(=O)O)c1. The van der Waals surface area contributed by atoms with Gasteiger partial charge in [-0.15, -0.1) is 0 Å². The first kappa shape index (κ1) is 18.2. The van der Waals surface area contributed by atoms with Gasteiger partial charge in [-0.1, -0.05) is 12.1 Å². The number of carboxylic acids is 1. The zero-order chi connectivity index (χ0) is 16.4. The van der Waals surface area contributed by atoms with Crippen molar-refractivity contribution in [1.82, 2.24) is 10.6 Å². The largest absolute Gasteiger partial charge is 0.497 e. The lowest BCUT2D eigenvalue weighted by atomic mass is 10.1. The van der Waals surface area contributed by atoms with Crippen LogP contribution in [0.3, 0.4) is 0 Å². The second-order valence-corrected chi connectivity index (χ2v) is 5.66. The van der Waals surface area contributed by atoms with Gasteiger partial charge < -0.3 is 20.5 Å². The molecule has 6 nitrogen and oxygen atoms in total. The summed E-state index contributed by atoms with van der Waals surface area (Å²) in [5, 5.41) is 14.2. The minimum Gasteiger partial charge on any atom is -0.497 e. The molecule has 0 aliphatic rings. The van der Waals surface area contributed by atoms with Gasteiger partial charge in [-0.05, 0) is 42.5 Å². The molecule has 1 unspecified atom stereocenters. The van der Waals surface area contributed by atoms with E-state index in [9.17, 15) is 9.59 Å². The summed E-state index contributed by atoms with van der Waals surface area (Å²) in [7, 11) is 1.60. The minimum absolute atomic E-state index is 0.403. The average Bonchev–Trinajstić information content (AvgIpc) is 2.51. The summed E-state index contributed by atoms with van der Waals surface area (Å²) in [4.78, 5) is 22.8. The van der Waals surface area contributed by atoms with E-state index in [0.717, 1.165) is 11.3 Å².